The van der Waals surface area contributed by atoms with Crippen LogP contribution in [0.15, 0.2) is 31.0 Å². The zero-order valence-corrected chi connectivity index (χ0v) is 22.8. The highest BCUT2D eigenvalue weighted by Crippen LogP contribution is 2.39. The van der Waals surface area contributed by atoms with E-state index in [1.165, 1.54) is 6.07 Å². The largest absolute Gasteiger partial charge is 0.491 e. The van der Waals surface area contributed by atoms with Crippen molar-refractivity contribution in [1.29, 1.82) is 0 Å². The molecule has 0 bridgehead atoms. The summed E-state index contributed by atoms with van der Waals surface area (Å²) in [7, 11) is 0. The van der Waals surface area contributed by atoms with Crippen LogP contribution in [0.2, 0.25) is 0 Å². The Balaban J connectivity index is 1.52. The van der Waals surface area contributed by atoms with Gasteiger partial charge in [0.25, 0.3) is 0 Å². The lowest BCUT2D eigenvalue weighted by Crippen LogP contribution is -2.53. The lowest BCUT2D eigenvalue weighted by Gasteiger charge is -2.44. The first kappa shape index (κ1) is 25.6. The first-order valence-electron chi connectivity index (χ1n) is 13.2. The number of imidazole rings is 1. The molecule has 3 aromatic rings. The van der Waals surface area contributed by atoms with Gasteiger partial charge in [0.05, 0.1) is 18.2 Å². The summed E-state index contributed by atoms with van der Waals surface area (Å²) in [6, 6.07) is 3.34. The Bertz CT molecular complexity index is 1290. The van der Waals surface area contributed by atoms with Gasteiger partial charge in [0.2, 0.25) is 0 Å². The van der Waals surface area contributed by atoms with Crippen molar-refractivity contribution in [3.63, 3.8) is 0 Å². The molecular weight excluding hydrogens is 469 g/mol. The average molecular weight is 508 g/mol. The van der Waals surface area contributed by atoms with Crippen molar-refractivity contribution in [3.8, 4) is 28.7 Å². The molecule has 198 valence electrons. The van der Waals surface area contributed by atoms with E-state index < -0.39 is 0 Å². The number of benzene rings is 1. The fourth-order valence-corrected chi connectivity index (χ4v) is 5.36. The maximum Gasteiger partial charge on any atom is 0.178 e. The molecule has 2 aromatic heterocycles. The summed E-state index contributed by atoms with van der Waals surface area (Å²) in [6.45, 7) is 21.5. The van der Waals surface area contributed by atoms with Crippen LogP contribution in [0, 0.1) is 12.7 Å². The molecule has 1 aromatic carbocycles. The number of aromatic nitrogens is 5. The molecule has 0 aliphatic carbocycles. The fraction of sp³-hybridized carbons (Fsp3) is 0.536. The summed E-state index contributed by atoms with van der Waals surface area (Å²) >= 11 is 0. The molecule has 8 nitrogen and oxygen atoms in total. The van der Waals surface area contributed by atoms with Crippen molar-refractivity contribution >= 4 is 0 Å². The van der Waals surface area contributed by atoms with E-state index >= 15 is 4.39 Å². The lowest BCUT2D eigenvalue weighted by molar-refractivity contribution is 0.0501. The Labute approximate surface area is 218 Å². The first-order valence-corrected chi connectivity index (χ1v) is 13.2. The molecule has 2 aliphatic rings. The predicted octanol–water partition coefficient (Wildman–Crippen LogP) is 4.87. The van der Waals surface area contributed by atoms with E-state index in [2.05, 4.69) is 65.6 Å². The van der Waals surface area contributed by atoms with Crippen LogP contribution in [0.1, 0.15) is 58.1 Å². The molecule has 0 unspecified atom stereocenters. The van der Waals surface area contributed by atoms with Crippen molar-refractivity contribution in [3.05, 3.63) is 48.2 Å². The van der Waals surface area contributed by atoms with Gasteiger partial charge in [-0.15, -0.1) is 6.58 Å². The minimum atomic E-state index is -0.280. The lowest BCUT2D eigenvalue weighted by atomic mass is 9.98. The van der Waals surface area contributed by atoms with Gasteiger partial charge in [-0.25, -0.2) is 19.0 Å². The smallest absolute Gasteiger partial charge is 0.178 e. The van der Waals surface area contributed by atoms with Crippen LogP contribution in [-0.2, 0) is 6.54 Å². The van der Waals surface area contributed by atoms with Crippen LogP contribution in [0.4, 0.5) is 4.39 Å². The van der Waals surface area contributed by atoms with Crippen molar-refractivity contribution in [2.45, 2.75) is 65.7 Å². The van der Waals surface area contributed by atoms with Gasteiger partial charge in [0.15, 0.2) is 5.82 Å². The van der Waals surface area contributed by atoms with Crippen LogP contribution in [0.25, 0.3) is 22.9 Å². The molecule has 0 saturated carbocycles. The highest BCUT2D eigenvalue weighted by Gasteiger charge is 2.31. The Morgan fingerprint density at radius 1 is 1.05 bits per heavy atom. The van der Waals surface area contributed by atoms with Gasteiger partial charge >= 0.3 is 0 Å². The van der Waals surface area contributed by atoms with Gasteiger partial charge < -0.3 is 9.30 Å². The number of fused-ring (bicyclic) bond motifs is 3. The minimum absolute atomic E-state index is 0.121. The number of halogens is 1. The second-order valence-corrected chi connectivity index (χ2v) is 11.3. The Hall–Kier alpha value is -3.04. The highest BCUT2D eigenvalue weighted by atomic mass is 19.1. The molecule has 1 atom stereocenters. The zero-order valence-electron chi connectivity index (χ0n) is 22.8. The molecule has 9 heteroatoms. The number of rotatable bonds is 5. The Morgan fingerprint density at radius 3 is 2.43 bits per heavy atom. The van der Waals surface area contributed by atoms with Crippen LogP contribution >= 0.6 is 0 Å². The van der Waals surface area contributed by atoms with Crippen LogP contribution in [0.3, 0.4) is 0 Å². The molecule has 0 spiro atoms. The molecule has 2 aliphatic heterocycles. The summed E-state index contributed by atoms with van der Waals surface area (Å²) in [5.74, 6) is 2.43. The van der Waals surface area contributed by atoms with Gasteiger partial charge in [-0.05, 0) is 47.6 Å². The van der Waals surface area contributed by atoms with Gasteiger partial charge in [-0.1, -0.05) is 6.08 Å². The normalized spacial score (nSPS) is 17.7. The van der Waals surface area contributed by atoms with Crippen molar-refractivity contribution in [2.75, 3.05) is 32.8 Å². The van der Waals surface area contributed by atoms with E-state index in [4.69, 9.17) is 9.72 Å². The molecule has 5 rings (SSSR count). The Morgan fingerprint density at radius 2 is 1.78 bits per heavy atom. The maximum absolute atomic E-state index is 15.5. The van der Waals surface area contributed by atoms with Crippen LogP contribution in [0.5, 0.6) is 5.75 Å². The minimum Gasteiger partial charge on any atom is -0.491 e. The van der Waals surface area contributed by atoms with Gasteiger partial charge in [-0.2, -0.15) is 5.10 Å². The summed E-state index contributed by atoms with van der Waals surface area (Å²) in [5.41, 5.74) is 2.25. The molecule has 0 amide bonds. The van der Waals surface area contributed by atoms with Crippen molar-refractivity contribution < 1.29 is 9.13 Å². The SMILES string of the molecule is C=C[C@H](c1cc2c(cc1F)OCCn1cc(-c3nc(C)nn3C(C)C)nc1-2)N1CCN(C(C)(C)C)CC1. The summed E-state index contributed by atoms with van der Waals surface area (Å²) in [5, 5.41) is 4.55. The third-order valence-corrected chi connectivity index (χ3v) is 7.36. The van der Waals surface area contributed by atoms with E-state index in [0.717, 1.165) is 49.1 Å². The maximum atomic E-state index is 15.5. The quantitative estimate of drug-likeness (QED) is 0.459. The van der Waals surface area contributed by atoms with Crippen molar-refractivity contribution in [2.24, 2.45) is 0 Å². The third kappa shape index (κ3) is 4.82. The molecule has 1 fully saturated rings. The first-order chi connectivity index (χ1) is 17.6. The molecule has 0 radical (unpaired) electrons. The van der Waals surface area contributed by atoms with Crippen LogP contribution < -0.4 is 4.74 Å². The number of hydrogen-bond acceptors (Lipinski definition) is 6. The van der Waals surface area contributed by atoms with E-state index in [-0.39, 0.29) is 23.4 Å². The number of ether oxygens (including phenoxy) is 1. The monoisotopic (exact) mass is 507 g/mol. The fourth-order valence-electron chi connectivity index (χ4n) is 5.36. The number of piperazine rings is 1. The highest BCUT2D eigenvalue weighted by molar-refractivity contribution is 5.69. The summed E-state index contributed by atoms with van der Waals surface area (Å²) in [6.07, 6.45) is 3.84. The van der Waals surface area contributed by atoms with E-state index in [1.54, 1.807) is 0 Å². The number of aryl methyl sites for hydroxylation is 1. The third-order valence-electron chi connectivity index (χ3n) is 7.36. The second-order valence-electron chi connectivity index (χ2n) is 11.3. The molecule has 1 saturated heterocycles. The standard InChI is InChI=1S/C28H38FN7O/c1-8-24(33-9-11-35(12-10-33)28(5,6)7)20-15-21-25(16-22(20)29)37-14-13-34-17-23(31-26(21)34)27-30-19(4)32-36(27)18(2)3/h8,15-18,24H,1,9-14H2,2-7H3/t24-/m1/s1. The van der Waals surface area contributed by atoms with Gasteiger partial charge in [0.1, 0.15) is 35.5 Å². The summed E-state index contributed by atoms with van der Waals surface area (Å²) in [4.78, 5) is 14.4. The number of hydrogen-bond donors (Lipinski definition) is 0. The van der Waals surface area contributed by atoms with E-state index in [9.17, 15) is 0 Å². The van der Waals surface area contributed by atoms with E-state index in [0.29, 0.717) is 30.3 Å². The van der Waals surface area contributed by atoms with Gasteiger partial charge in [0, 0.05) is 55.6 Å². The zero-order chi connectivity index (χ0) is 26.5. The van der Waals surface area contributed by atoms with Crippen molar-refractivity contribution in [1.82, 2.24) is 34.1 Å². The van der Waals surface area contributed by atoms with E-state index in [1.807, 2.05) is 29.9 Å². The molecular formula is C28H38FN7O. The molecule has 0 N–H and O–H groups in total. The van der Waals surface area contributed by atoms with Gasteiger partial charge in [-0.3, -0.25) is 9.80 Å². The predicted molar refractivity (Wildman–Crippen MR) is 143 cm³/mol. The Kier molecular flexibility index (Phi) is 6.70. The molecule has 4 heterocycles. The van der Waals surface area contributed by atoms with Crippen LogP contribution in [-0.4, -0.2) is 72.4 Å². The molecule has 37 heavy (non-hydrogen) atoms. The summed E-state index contributed by atoms with van der Waals surface area (Å²) < 4.78 is 25.5. The number of nitrogens with zero attached hydrogens (tertiary/aromatic N) is 7. The second kappa shape index (κ2) is 9.68. The average Bonchev–Trinajstić information content (AvgIpc) is 3.40. The topological polar surface area (TPSA) is 64.2 Å².